The van der Waals surface area contributed by atoms with Gasteiger partial charge in [0.15, 0.2) is 0 Å². The Morgan fingerprint density at radius 1 is 1.03 bits per heavy atom. The highest BCUT2D eigenvalue weighted by Crippen LogP contribution is 2.34. The number of hydrogen-bond acceptors (Lipinski definition) is 6. The van der Waals surface area contributed by atoms with Crippen molar-refractivity contribution in [2.75, 3.05) is 0 Å². The Balaban J connectivity index is 1.41. The van der Waals surface area contributed by atoms with Gasteiger partial charge >= 0.3 is 0 Å². The van der Waals surface area contributed by atoms with Gasteiger partial charge in [-0.3, -0.25) is 29.4 Å². The number of ether oxygens (including phenoxy) is 1. The molecule has 8 heteroatoms. The van der Waals surface area contributed by atoms with Crippen molar-refractivity contribution in [3.8, 4) is 5.75 Å². The largest absolute Gasteiger partial charge is 0.487 e. The van der Waals surface area contributed by atoms with Gasteiger partial charge in [0.05, 0.1) is 11.1 Å². The lowest BCUT2D eigenvalue weighted by molar-refractivity contribution is -0.136. The molecule has 0 radical (unpaired) electrons. The van der Waals surface area contributed by atoms with E-state index in [1.54, 1.807) is 29.5 Å². The Labute approximate surface area is 175 Å². The zero-order chi connectivity index (χ0) is 20.8. The molecule has 7 nitrogen and oxygen atoms in total. The minimum atomic E-state index is -0.995. The molecule has 2 aromatic carbocycles. The molecule has 2 aliphatic heterocycles. The molecule has 5 rings (SSSR count). The second kappa shape index (κ2) is 7.07. The van der Waals surface area contributed by atoms with E-state index in [0.29, 0.717) is 5.75 Å². The minimum Gasteiger partial charge on any atom is -0.487 e. The fraction of sp³-hybridized carbons (Fsp3) is 0.182. The summed E-state index contributed by atoms with van der Waals surface area (Å²) in [5.41, 5.74) is 0.367. The highest BCUT2D eigenvalue weighted by molar-refractivity contribution is 7.19. The lowest BCUT2D eigenvalue weighted by Crippen LogP contribution is -2.54. The van der Waals surface area contributed by atoms with Gasteiger partial charge in [0.2, 0.25) is 11.8 Å². The van der Waals surface area contributed by atoms with Crippen LogP contribution in [-0.4, -0.2) is 34.6 Å². The normalized spacial score (nSPS) is 18.7. The van der Waals surface area contributed by atoms with Crippen molar-refractivity contribution in [1.29, 1.82) is 0 Å². The summed E-state index contributed by atoms with van der Waals surface area (Å²) in [6, 6.07) is 13.9. The van der Waals surface area contributed by atoms with Crippen LogP contribution in [0.1, 0.15) is 38.4 Å². The molecule has 1 saturated heterocycles. The average molecular weight is 420 g/mol. The summed E-state index contributed by atoms with van der Waals surface area (Å²) in [5.74, 6) is -1.85. The van der Waals surface area contributed by atoms with Gasteiger partial charge in [-0.1, -0.05) is 24.3 Å². The van der Waals surface area contributed by atoms with Crippen LogP contribution in [0.3, 0.4) is 0 Å². The molecule has 0 saturated carbocycles. The summed E-state index contributed by atoms with van der Waals surface area (Å²) in [6.07, 6.45) is 0.202. The molecule has 3 aromatic rings. The van der Waals surface area contributed by atoms with E-state index in [1.165, 1.54) is 0 Å². The third-order valence-corrected chi connectivity index (χ3v) is 6.37. The number of rotatable bonds is 4. The van der Waals surface area contributed by atoms with Crippen LogP contribution in [0.15, 0.2) is 48.5 Å². The van der Waals surface area contributed by atoms with Crippen LogP contribution in [-0.2, 0) is 16.2 Å². The fourth-order valence-corrected chi connectivity index (χ4v) is 4.84. The van der Waals surface area contributed by atoms with Crippen LogP contribution < -0.4 is 10.1 Å². The second-order valence-corrected chi connectivity index (χ2v) is 8.33. The molecule has 150 valence electrons. The van der Waals surface area contributed by atoms with Crippen molar-refractivity contribution in [3.63, 3.8) is 0 Å². The number of amides is 4. The predicted molar refractivity (Wildman–Crippen MR) is 109 cm³/mol. The van der Waals surface area contributed by atoms with E-state index in [0.717, 1.165) is 19.9 Å². The van der Waals surface area contributed by atoms with Gasteiger partial charge in [-0.05, 0) is 36.1 Å². The van der Waals surface area contributed by atoms with Gasteiger partial charge in [-0.2, -0.15) is 0 Å². The minimum absolute atomic E-state index is 0.0824. The van der Waals surface area contributed by atoms with Gasteiger partial charge in [0.1, 0.15) is 18.4 Å². The van der Waals surface area contributed by atoms with Crippen LogP contribution >= 0.6 is 11.3 Å². The number of carbonyl (C=O) groups is 4. The van der Waals surface area contributed by atoms with Gasteiger partial charge < -0.3 is 4.74 Å². The third-order valence-electron chi connectivity index (χ3n) is 5.28. The number of imide groups is 2. The quantitative estimate of drug-likeness (QED) is 0.655. The standard InChI is InChI=1S/C22H16N2O5S/c25-18-9-8-15(20(26)23-18)24-21(27)14-5-3-6-16(19(14)22(24)28)29-11-13-10-12-4-1-2-7-17(12)30-13/h1-7,10,15H,8-9,11H2,(H,23,25,26)/t15-/m0/s1. The summed E-state index contributed by atoms with van der Waals surface area (Å²) >= 11 is 1.60. The first-order valence-electron chi connectivity index (χ1n) is 9.48. The molecule has 1 fully saturated rings. The molecule has 30 heavy (non-hydrogen) atoms. The van der Waals surface area contributed by atoms with E-state index < -0.39 is 29.7 Å². The lowest BCUT2D eigenvalue weighted by atomic mass is 10.0. The number of nitrogens with one attached hydrogen (secondary N) is 1. The molecule has 3 heterocycles. The monoisotopic (exact) mass is 420 g/mol. The number of thiophene rings is 1. The van der Waals surface area contributed by atoms with Crippen molar-refractivity contribution in [1.82, 2.24) is 10.2 Å². The molecular weight excluding hydrogens is 404 g/mol. The first kappa shape index (κ1) is 18.5. The Morgan fingerprint density at radius 3 is 2.67 bits per heavy atom. The average Bonchev–Trinajstić information content (AvgIpc) is 3.26. The van der Waals surface area contributed by atoms with Crippen LogP contribution in [0.2, 0.25) is 0 Å². The Bertz CT molecular complexity index is 1200. The smallest absolute Gasteiger partial charge is 0.266 e. The Kier molecular flexibility index (Phi) is 4.36. The summed E-state index contributed by atoms with van der Waals surface area (Å²) in [6.45, 7) is 0.260. The van der Waals surface area contributed by atoms with E-state index in [4.69, 9.17) is 4.74 Å². The van der Waals surface area contributed by atoms with E-state index in [1.807, 2.05) is 30.3 Å². The van der Waals surface area contributed by atoms with Gasteiger partial charge in [0.25, 0.3) is 11.8 Å². The molecule has 1 aromatic heterocycles. The van der Waals surface area contributed by atoms with E-state index >= 15 is 0 Å². The SMILES string of the molecule is O=C1CC[C@H](N2C(=O)c3cccc(OCc4cc5ccccc5s4)c3C2=O)C(=O)N1. The van der Waals surface area contributed by atoms with Crippen molar-refractivity contribution in [3.05, 3.63) is 64.5 Å². The number of piperidine rings is 1. The van der Waals surface area contributed by atoms with Crippen LogP contribution in [0.25, 0.3) is 10.1 Å². The Hall–Kier alpha value is -3.52. The zero-order valence-electron chi connectivity index (χ0n) is 15.7. The van der Waals surface area contributed by atoms with Crippen molar-refractivity contribution < 1.29 is 23.9 Å². The first-order valence-corrected chi connectivity index (χ1v) is 10.3. The third kappa shape index (κ3) is 2.96. The summed E-state index contributed by atoms with van der Waals surface area (Å²) in [7, 11) is 0. The van der Waals surface area contributed by atoms with Crippen molar-refractivity contribution in [2.45, 2.75) is 25.5 Å². The highest BCUT2D eigenvalue weighted by atomic mass is 32.1. The summed E-state index contributed by atoms with van der Waals surface area (Å²) < 4.78 is 7.06. The summed E-state index contributed by atoms with van der Waals surface area (Å²) in [5, 5.41) is 3.31. The fourth-order valence-electron chi connectivity index (χ4n) is 3.86. The topological polar surface area (TPSA) is 92.8 Å². The van der Waals surface area contributed by atoms with Gasteiger partial charge in [0, 0.05) is 16.0 Å². The maximum absolute atomic E-state index is 13.1. The molecule has 4 amide bonds. The maximum Gasteiger partial charge on any atom is 0.266 e. The van der Waals surface area contributed by atoms with Gasteiger partial charge in [-0.15, -0.1) is 11.3 Å². The molecule has 0 bridgehead atoms. The second-order valence-electron chi connectivity index (χ2n) is 7.17. The molecule has 1 atom stereocenters. The molecule has 2 aliphatic rings. The highest BCUT2D eigenvalue weighted by Gasteiger charge is 2.45. The van der Waals surface area contributed by atoms with Gasteiger partial charge in [-0.25, -0.2) is 0 Å². The van der Waals surface area contributed by atoms with E-state index in [2.05, 4.69) is 5.32 Å². The van der Waals surface area contributed by atoms with Crippen LogP contribution in [0.5, 0.6) is 5.75 Å². The molecular formula is C22H16N2O5S. The number of nitrogens with zero attached hydrogens (tertiary/aromatic N) is 1. The molecule has 0 spiro atoms. The van der Waals surface area contributed by atoms with E-state index in [-0.39, 0.29) is 30.6 Å². The number of hydrogen-bond donors (Lipinski definition) is 1. The summed E-state index contributed by atoms with van der Waals surface area (Å²) in [4.78, 5) is 51.5. The van der Waals surface area contributed by atoms with Crippen LogP contribution in [0.4, 0.5) is 0 Å². The zero-order valence-corrected chi connectivity index (χ0v) is 16.5. The number of carbonyl (C=O) groups excluding carboxylic acids is 4. The Morgan fingerprint density at radius 2 is 1.87 bits per heavy atom. The predicted octanol–water partition coefficient (Wildman–Crippen LogP) is 2.88. The molecule has 1 N–H and O–H groups in total. The first-order chi connectivity index (χ1) is 14.5. The maximum atomic E-state index is 13.1. The lowest BCUT2D eigenvalue weighted by Gasteiger charge is -2.27. The number of benzene rings is 2. The van der Waals surface area contributed by atoms with Crippen molar-refractivity contribution >= 4 is 45.1 Å². The van der Waals surface area contributed by atoms with E-state index in [9.17, 15) is 19.2 Å². The van der Waals surface area contributed by atoms with Crippen LogP contribution in [0, 0.1) is 0 Å². The number of fused-ring (bicyclic) bond motifs is 2. The van der Waals surface area contributed by atoms with Crippen molar-refractivity contribution in [2.24, 2.45) is 0 Å². The molecule has 0 unspecified atom stereocenters. The molecule has 0 aliphatic carbocycles.